The summed E-state index contributed by atoms with van der Waals surface area (Å²) in [5.74, 6) is -0.690. The van der Waals surface area contributed by atoms with Crippen molar-refractivity contribution in [2.45, 2.75) is 0 Å². The summed E-state index contributed by atoms with van der Waals surface area (Å²) in [6.07, 6.45) is 1.56. The zero-order chi connectivity index (χ0) is 19.7. The minimum absolute atomic E-state index is 0.0400. The molecule has 4 rings (SSSR count). The quantitative estimate of drug-likeness (QED) is 0.361. The van der Waals surface area contributed by atoms with E-state index in [2.05, 4.69) is 10.5 Å². The Bertz CT molecular complexity index is 1100. The van der Waals surface area contributed by atoms with Gasteiger partial charge in [0.15, 0.2) is 0 Å². The van der Waals surface area contributed by atoms with Crippen molar-refractivity contribution < 1.29 is 19.8 Å². The van der Waals surface area contributed by atoms with Crippen LogP contribution < -0.4 is 5.43 Å². The van der Waals surface area contributed by atoms with Crippen LogP contribution in [-0.2, 0) is 0 Å². The first-order chi connectivity index (χ1) is 13.6. The van der Waals surface area contributed by atoms with Gasteiger partial charge >= 0.3 is 0 Å². The van der Waals surface area contributed by atoms with Crippen molar-refractivity contribution in [1.29, 1.82) is 0 Å². The van der Waals surface area contributed by atoms with Crippen LogP contribution in [0.4, 0.5) is 5.69 Å². The number of aliphatic hydroxyl groups is 1. The molecule has 0 saturated carbocycles. The number of imide groups is 1. The molecule has 0 saturated heterocycles. The minimum Gasteiger partial charge on any atom is -0.508 e. The fourth-order valence-corrected chi connectivity index (χ4v) is 3.33. The molecule has 2 amide bonds. The Morgan fingerprint density at radius 2 is 1.75 bits per heavy atom. The van der Waals surface area contributed by atoms with Crippen LogP contribution in [0.3, 0.4) is 0 Å². The molecule has 0 aromatic heterocycles. The van der Waals surface area contributed by atoms with Gasteiger partial charge < -0.3 is 10.2 Å². The smallest absolute Gasteiger partial charge is 0.261 e. The fourth-order valence-electron chi connectivity index (χ4n) is 3.33. The van der Waals surface area contributed by atoms with Gasteiger partial charge in [-0.05, 0) is 35.9 Å². The summed E-state index contributed by atoms with van der Waals surface area (Å²) in [6.45, 7) is -0.326. The van der Waals surface area contributed by atoms with Crippen LogP contribution >= 0.6 is 0 Å². The molecule has 0 unspecified atom stereocenters. The Morgan fingerprint density at radius 3 is 2.50 bits per heavy atom. The number of amides is 2. The number of hydrogen-bond acceptors (Lipinski definition) is 6. The normalized spacial score (nSPS) is 13.5. The molecule has 0 bridgehead atoms. The zero-order valence-corrected chi connectivity index (χ0v) is 14.8. The third-order valence-corrected chi connectivity index (χ3v) is 4.58. The summed E-state index contributed by atoms with van der Waals surface area (Å²) in [7, 11) is 0. The minimum atomic E-state index is -0.419. The molecule has 3 aromatic carbocycles. The van der Waals surface area contributed by atoms with Gasteiger partial charge in [0.25, 0.3) is 11.8 Å². The highest BCUT2D eigenvalue weighted by atomic mass is 16.3. The number of nitrogens with one attached hydrogen (secondary N) is 1. The number of hydrogen-bond donors (Lipinski definition) is 3. The molecule has 7 heteroatoms. The Morgan fingerprint density at radius 1 is 1.00 bits per heavy atom. The fraction of sp³-hybridized carbons (Fsp3) is 0.0952. The van der Waals surface area contributed by atoms with E-state index in [1.54, 1.807) is 54.7 Å². The molecule has 7 nitrogen and oxygen atoms in total. The maximum Gasteiger partial charge on any atom is 0.261 e. The number of anilines is 1. The molecule has 1 heterocycles. The number of aliphatic hydroxyl groups excluding tert-OH is 1. The number of nitrogens with zero attached hydrogens (tertiary/aromatic N) is 2. The molecule has 28 heavy (non-hydrogen) atoms. The molecule has 1 aliphatic heterocycles. The van der Waals surface area contributed by atoms with Crippen LogP contribution in [0.1, 0.15) is 26.3 Å². The molecule has 0 atom stereocenters. The van der Waals surface area contributed by atoms with E-state index in [1.165, 1.54) is 0 Å². The number of phenolic OH excluding ortho intramolecular Hbond substituents is 1. The van der Waals surface area contributed by atoms with Gasteiger partial charge in [-0.2, -0.15) is 5.10 Å². The van der Waals surface area contributed by atoms with E-state index in [9.17, 15) is 14.7 Å². The van der Waals surface area contributed by atoms with E-state index in [-0.39, 0.29) is 18.9 Å². The predicted molar refractivity (Wildman–Crippen MR) is 106 cm³/mol. The van der Waals surface area contributed by atoms with Gasteiger partial charge in [0.05, 0.1) is 25.1 Å². The van der Waals surface area contributed by atoms with Crippen molar-refractivity contribution >= 4 is 34.5 Å². The molecule has 0 fully saturated rings. The van der Waals surface area contributed by atoms with Crippen LogP contribution in [-0.4, -0.2) is 46.3 Å². The molecule has 140 valence electrons. The lowest BCUT2D eigenvalue weighted by Gasteiger charge is -2.27. The highest BCUT2D eigenvalue weighted by Crippen LogP contribution is 2.34. The van der Waals surface area contributed by atoms with E-state index in [4.69, 9.17) is 5.11 Å². The second-order valence-electron chi connectivity index (χ2n) is 6.34. The first-order valence-corrected chi connectivity index (χ1v) is 8.71. The summed E-state index contributed by atoms with van der Waals surface area (Å²) >= 11 is 0. The number of hydrazone groups is 1. The standard InChI is InChI=1S/C21H17N3O4/c25-10-9-24-20(27)16-6-2-5-15-18(8-7-17(19(15)16)21(24)28)23-22-12-13-3-1-4-14(26)11-13/h1-8,11-12,23,25-26H,9-10H2/b22-12+. The van der Waals surface area contributed by atoms with E-state index >= 15 is 0 Å². The van der Waals surface area contributed by atoms with E-state index in [1.807, 2.05) is 6.07 Å². The Labute approximate surface area is 160 Å². The lowest BCUT2D eigenvalue weighted by molar-refractivity contribution is 0.0580. The van der Waals surface area contributed by atoms with Gasteiger partial charge in [0, 0.05) is 21.9 Å². The lowest BCUT2D eigenvalue weighted by Crippen LogP contribution is -2.41. The van der Waals surface area contributed by atoms with Crippen molar-refractivity contribution in [2.24, 2.45) is 5.10 Å². The molecular weight excluding hydrogens is 358 g/mol. The van der Waals surface area contributed by atoms with Gasteiger partial charge in [-0.3, -0.25) is 19.9 Å². The average Bonchev–Trinajstić information content (AvgIpc) is 2.70. The first kappa shape index (κ1) is 17.7. The van der Waals surface area contributed by atoms with Crippen LogP contribution in [0, 0.1) is 0 Å². The summed E-state index contributed by atoms with van der Waals surface area (Å²) in [5.41, 5.74) is 5.14. The predicted octanol–water partition coefficient (Wildman–Crippen LogP) is 2.58. The molecule has 0 aliphatic carbocycles. The van der Waals surface area contributed by atoms with Crippen LogP contribution in [0.15, 0.2) is 59.7 Å². The second kappa shape index (κ2) is 7.13. The summed E-state index contributed by atoms with van der Waals surface area (Å²) in [4.78, 5) is 26.4. The maximum absolute atomic E-state index is 12.7. The van der Waals surface area contributed by atoms with Crippen molar-refractivity contribution in [3.63, 3.8) is 0 Å². The van der Waals surface area contributed by atoms with E-state index < -0.39 is 11.8 Å². The number of carbonyl (C=O) groups is 2. The molecule has 3 N–H and O–H groups in total. The molecule has 1 aliphatic rings. The number of aromatic hydroxyl groups is 1. The Balaban J connectivity index is 1.72. The third-order valence-electron chi connectivity index (χ3n) is 4.58. The highest BCUT2D eigenvalue weighted by molar-refractivity contribution is 6.26. The topological polar surface area (TPSA) is 102 Å². The van der Waals surface area contributed by atoms with Gasteiger partial charge in [-0.1, -0.05) is 24.3 Å². The van der Waals surface area contributed by atoms with Crippen LogP contribution in [0.2, 0.25) is 0 Å². The number of phenols is 1. The van der Waals surface area contributed by atoms with Crippen LogP contribution in [0.25, 0.3) is 10.8 Å². The van der Waals surface area contributed by atoms with E-state index in [0.29, 0.717) is 27.6 Å². The van der Waals surface area contributed by atoms with Gasteiger partial charge in [0.2, 0.25) is 0 Å². The monoisotopic (exact) mass is 375 g/mol. The summed E-state index contributed by atoms with van der Waals surface area (Å²) in [6, 6.07) is 15.3. The summed E-state index contributed by atoms with van der Waals surface area (Å²) < 4.78 is 0. The third kappa shape index (κ3) is 2.97. The Kier molecular flexibility index (Phi) is 4.50. The largest absolute Gasteiger partial charge is 0.508 e. The number of rotatable bonds is 5. The average molecular weight is 375 g/mol. The van der Waals surface area contributed by atoms with Gasteiger partial charge in [-0.25, -0.2) is 0 Å². The number of carbonyl (C=O) groups excluding carboxylic acids is 2. The van der Waals surface area contributed by atoms with Crippen molar-refractivity contribution in [1.82, 2.24) is 4.90 Å². The van der Waals surface area contributed by atoms with Crippen LogP contribution in [0.5, 0.6) is 5.75 Å². The molecule has 0 spiro atoms. The number of β-amino-alcohol motifs (C(OH)–C–C–N with tert-alkyl or cyclic N) is 1. The summed E-state index contributed by atoms with van der Waals surface area (Å²) in [5, 5.41) is 24.1. The van der Waals surface area contributed by atoms with Crippen molar-refractivity contribution in [3.8, 4) is 5.75 Å². The van der Waals surface area contributed by atoms with E-state index in [0.717, 1.165) is 10.5 Å². The lowest BCUT2D eigenvalue weighted by atomic mass is 9.93. The second-order valence-corrected chi connectivity index (χ2v) is 6.34. The molecular formula is C21H17N3O4. The zero-order valence-electron chi connectivity index (χ0n) is 14.8. The SMILES string of the molecule is O=C1c2cccc3c(N/N=C/c4cccc(O)c4)ccc(c23)C(=O)N1CCO. The maximum atomic E-state index is 12.7. The van der Waals surface area contributed by atoms with Gasteiger partial charge in [-0.15, -0.1) is 0 Å². The van der Waals surface area contributed by atoms with Crippen molar-refractivity contribution in [3.05, 3.63) is 71.3 Å². The Hall–Kier alpha value is -3.71. The molecule has 3 aromatic rings. The highest BCUT2D eigenvalue weighted by Gasteiger charge is 2.32. The van der Waals surface area contributed by atoms with Crippen molar-refractivity contribution in [2.75, 3.05) is 18.6 Å². The van der Waals surface area contributed by atoms with Gasteiger partial charge in [0.1, 0.15) is 5.75 Å². The first-order valence-electron chi connectivity index (χ1n) is 8.71. The molecule has 0 radical (unpaired) electrons. The number of benzene rings is 3.